The highest BCUT2D eigenvalue weighted by atomic mass is 19.3. The average Bonchev–Trinajstić information content (AvgIpc) is 3.37. The second kappa shape index (κ2) is 7.21. The van der Waals surface area contributed by atoms with Gasteiger partial charge in [-0.2, -0.15) is 0 Å². The molecular formula is C20H17F2N5O3. The van der Waals surface area contributed by atoms with E-state index in [1.54, 1.807) is 18.2 Å². The molecule has 8 nitrogen and oxygen atoms in total. The van der Waals surface area contributed by atoms with Gasteiger partial charge in [0.25, 0.3) is 12.3 Å². The van der Waals surface area contributed by atoms with Crippen LogP contribution in [0, 0.1) is 0 Å². The van der Waals surface area contributed by atoms with Crippen LogP contribution in [0.1, 0.15) is 23.4 Å². The number of carbonyl (C=O) groups is 1. The predicted octanol–water partition coefficient (Wildman–Crippen LogP) is 2.71. The van der Waals surface area contributed by atoms with Crippen LogP contribution >= 0.6 is 0 Å². The number of nitrogens with two attached hydrogens (primary N) is 1. The Bertz CT molecular complexity index is 1130. The van der Waals surface area contributed by atoms with Crippen molar-refractivity contribution in [2.75, 3.05) is 14.2 Å². The van der Waals surface area contributed by atoms with E-state index in [-0.39, 0.29) is 11.7 Å². The van der Waals surface area contributed by atoms with Crippen molar-refractivity contribution in [2.45, 2.75) is 12.0 Å². The Kier molecular flexibility index (Phi) is 4.69. The number of alkyl halides is 2. The maximum absolute atomic E-state index is 13.3. The fraction of sp³-hybridized carbons (Fsp3) is 0.200. The van der Waals surface area contributed by atoms with Crippen LogP contribution in [-0.4, -0.2) is 40.9 Å². The first-order chi connectivity index (χ1) is 14.4. The molecule has 0 saturated heterocycles. The quantitative estimate of drug-likeness (QED) is 0.689. The molecule has 30 heavy (non-hydrogen) atoms. The van der Waals surface area contributed by atoms with Crippen molar-refractivity contribution in [2.24, 2.45) is 10.7 Å². The third kappa shape index (κ3) is 2.97. The Labute approximate surface area is 170 Å². The van der Waals surface area contributed by atoms with Crippen molar-refractivity contribution in [3.8, 4) is 17.1 Å². The topological polar surface area (TPSA) is 107 Å². The van der Waals surface area contributed by atoms with Crippen LogP contribution in [0.2, 0.25) is 0 Å². The second-order valence-corrected chi connectivity index (χ2v) is 6.61. The first-order valence-electron chi connectivity index (χ1n) is 8.84. The summed E-state index contributed by atoms with van der Waals surface area (Å²) in [7, 11) is 2.92. The summed E-state index contributed by atoms with van der Waals surface area (Å²) in [6.45, 7) is 0. The molecule has 2 N–H and O–H groups in total. The predicted molar refractivity (Wildman–Crippen MR) is 103 cm³/mol. The van der Waals surface area contributed by atoms with E-state index in [0.29, 0.717) is 22.6 Å². The van der Waals surface area contributed by atoms with Gasteiger partial charge in [-0.25, -0.2) is 23.7 Å². The maximum atomic E-state index is 13.3. The molecule has 0 aliphatic carbocycles. The highest BCUT2D eigenvalue weighted by Crippen LogP contribution is 2.41. The molecule has 3 heterocycles. The zero-order valence-corrected chi connectivity index (χ0v) is 16.0. The first kappa shape index (κ1) is 19.5. The van der Waals surface area contributed by atoms with Crippen LogP contribution in [0.5, 0.6) is 5.75 Å². The molecular weight excluding hydrogens is 396 g/mol. The molecule has 1 aliphatic heterocycles. The van der Waals surface area contributed by atoms with Crippen LogP contribution < -0.4 is 10.5 Å². The number of rotatable bonds is 5. The molecule has 1 unspecified atom stereocenters. The number of methoxy groups -OCH3 is 1. The van der Waals surface area contributed by atoms with Crippen LogP contribution in [0.15, 0.2) is 58.4 Å². The van der Waals surface area contributed by atoms with E-state index < -0.39 is 23.6 Å². The Balaban J connectivity index is 2.01. The maximum Gasteiger partial charge on any atom is 0.280 e. The smallest absolute Gasteiger partial charge is 0.280 e. The molecule has 0 spiro atoms. The molecule has 1 aromatic carbocycles. The summed E-state index contributed by atoms with van der Waals surface area (Å²) in [5, 5.41) is 0. The summed E-state index contributed by atoms with van der Waals surface area (Å²) >= 11 is 0. The van der Waals surface area contributed by atoms with Gasteiger partial charge in [-0.05, 0) is 35.9 Å². The molecule has 0 saturated carbocycles. The summed E-state index contributed by atoms with van der Waals surface area (Å²) in [5.74, 6) is 0.235. The largest absolute Gasteiger partial charge is 0.497 e. The summed E-state index contributed by atoms with van der Waals surface area (Å²) in [4.78, 5) is 26.8. The number of ether oxygens (including phenoxy) is 1. The van der Waals surface area contributed by atoms with Gasteiger partial charge >= 0.3 is 0 Å². The molecule has 0 fully saturated rings. The minimum absolute atomic E-state index is 0.0226. The average molecular weight is 413 g/mol. The van der Waals surface area contributed by atoms with E-state index >= 15 is 0 Å². The lowest BCUT2D eigenvalue weighted by Crippen LogP contribution is -2.41. The number of oxazole rings is 1. The first-order valence-corrected chi connectivity index (χ1v) is 8.84. The van der Waals surface area contributed by atoms with Crippen molar-refractivity contribution in [3.05, 3.63) is 65.9 Å². The van der Waals surface area contributed by atoms with E-state index in [4.69, 9.17) is 14.9 Å². The number of benzene rings is 1. The van der Waals surface area contributed by atoms with E-state index in [1.807, 2.05) is 0 Å². The number of pyridine rings is 1. The minimum Gasteiger partial charge on any atom is -0.497 e. The van der Waals surface area contributed by atoms with Crippen molar-refractivity contribution >= 4 is 11.9 Å². The van der Waals surface area contributed by atoms with Crippen molar-refractivity contribution in [1.82, 2.24) is 14.9 Å². The Morgan fingerprint density at radius 2 is 2.07 bits per heavy atom. The molecule has 2 aromatic heterocycles. The molecule has 4 rings (SSSR count). The van der Waals surface area contributed by atoms with Gasteiger partial charge in [-0.1, -0.05) is 6.07 Å². The van der Waals surface area contributed by atoms with E-state index in [9.17, 15) is 13.6 Å². The van der Waals surface area contributed by atoms with E-state index in [1.165, 1.54) is 44.9 Å². The van der Waals surface area contributed by atoms with Crippen molar-refractivity contribution in [1.29, 1.82) is 0 Å². The number of aromatic nitrogens is 2. The number of halogens is 2. The zero-order valence-electron chi connectivity index (χ0n) is 16.0. The molecule has 1 amide bonds. The molecule has 0 radical (unpaired) electrons. The number of hydrogen-bond donors (Lipinski definition) is 1. The third-order valence-electron chi connectivity index (χ3n) is 4.88. The highest BCUT2D eigenvalue weighted by Gasteiger charge is 2.51. The van der Waals surface area contributed by atoms with Crippen LogP contribution in [0.25, 0.3) is 11.3 Å². The summed E-state index contributed by atoms with van der Waals surface area (Å²) in [6.07, 6.45) is -0.0448. The number of nitrogens with zero attached hydrogens (tertiary/aromatic N) is 4. The van der Waals surface area contributed by atoms with Crippen LogP contribution in [0.4, 0.5) is 8.78 Å². The lowest BCUT2D eigenvalue weighted by Gasteiger charge is -2.26. The lowest BCUT2D eigenvalue weighted by molar-refractivity contribution is -0.129. The minimum atomic E-state index is -2.81. The molecule has 10 heteroatoms. The molecule has 0 bridgehead atoms. The fourth-order valence-electron chi connectivity index (χ4n) is 3.35. The monoisotopic (exact) mass is 413 g/mol. The zero-order chi connectivity index (χ0) is 21.5. The standard InChI is InChI=1S/C20H17F2N5O3/c1-27-18(28)20(26-19(27)23,16-5-3-4-14(25-16)17(21)22)12-6-11(7-13(8-12)29-2)15-9-24-10-30-15/h3-10,17H,1-2H3,(H2,23,26). The van der Waals surface area contributed by atoms with Gasteiger partial charge < -0.3 is 14.9 Å². The summed E-state index contributed by atoms with van der Waals surface area (Å²) < 4.78 is 37.4. The van der Waals surface area contributed by atoms with Gasteiger partial charge in [0.2, 0.25) is 5.54 Å². The van der Waals surface area contributed by atoms with Gasteiger partial charge in [0.1, 0.15) is 11.4 Å². The van der Waals surface area contributed by atoms with Gasteiger partial charge in [-0.15, -0.1) is 0 Å². The van der Waals surface area contributed by atoms with Gasteiger partial charge in [0, 0.05) is 12.6 Å². The third-order valence-corrected chi connectivity index (χ3v) is 4.88. The molecule has 154 valence electrons. The van der Waals surface area contributed by atoms with Gasteiger partial charge in [0.05, 0.1) is 19.0 Å². The normalized spacial score (nSPS) is 18.8. The van der Waals surface area contributed by atoms with Crippen LogP contribution in [0.3, 0.4) is 0 Å². The lowest BCUT2D eigenvalue weighted by atomic mass is 9.84. The Morgan fingerprint density at radius 3 is 2.67 bits per heavy atom. The van der Waals surface area contributed by atoms with E-state index in [2.05, 4.69) is 15.0 Å². The van der Waals surface area contributed by atoms with Gasteiger partial charge in [0.15, 0.2) is 18.1 Å². The molecule has 3 aromatic rings. The van der Waals surface area contributed by atoms with Crippen LogP contribution in [-0.2, 0) is 10.3 Å². The Hall–Kier alpha value is -3.82. The van der Waals surface area contributed by atoms with Crippen molar-refractivity contribution < 1.29 is 22.7 Å². The summed E-state index contributed by atoms with van der Waals surface area (Å²) in [6, 6.07) is 8.98. The number of hydrogen-bond acceptors (Lipinski definition) is 7. The van der Waals surface area contributed by atoms with Gasteiger partial charge in [-0.3, -0.25) is 9.69 Å². The number of carbonyl (C=O) groups excluding carboxylic acids is 1. The summed E-state index contributed by atoms with van der Waals surface area (Å²) in [5.41, 5.74) is 4.63. The molecule has 1 aliphatic rings. The molecule has 1 atom stereocenters. The van der Waals surface area contributed by atoms with E-state index in [0.717, 1.165) is 4.90 Å². The second-order valence-electron chi connectivity index (χ2n) is 6.61. The number of likely N-dealkylation sites (N-methyl/N-ethyl adjacent to an activating group) is 1. The fourth-order valence-corrected chi connectivity index (χ4v) is 3.35. The number of aliphatic imine (C=N–C) groups is 1. The number of amides is 1. The SMILES string of the molecule is COc1cc(-c2cnco2)cc(C2(c3cccc(C(F)F)n3)N=C(N)N(C)C2=O)c1. The number of guanidine groups is 1. The highest BCUT2D eigenvalue weighted by molar-refractivity contribution is 6.08. The van der Waals surface area contributed by atoms with Crippen molar-refractivity contribution in [3.63, 3.8) is 0 Å². The Morgan fingerprint density at radius 1 is 1.27 bits per heavy atom.